The van der Waals surface area contributed by atoms with Crippen LogP contribution in [0.5, 0.6) is 6.01 Å². The fourth-order valence-corrected chi connectivity index (χ4v) is 2.58. The standard InChI is InChI=1S/C15H27N5O/c1-6-16-12-17-13(19-14(18-12)21-11(2)3)20-9-7-8-15(4,5)10-20/h11H,6-10H2,1-5H3,(H,16,17,18,19). The number of hydrogen-bond acceptors (Lipinski definition) is 6. The van der Waals surface area contributed by atoms with Gasteiger partial charge in [-0.05, 0) is 39.0 Å². The molecule has 1 N–H and O–H groups in total. The number of rotatable bonds is 5. The third-order valence-electron chi connectivity index (χ3n) is 3.46. The van der Waals surface area contributed by atoms with Gasteiger partial charge in [-0.15, -0.1) is 0 Å². The lowest BCUT2D eigenvalue weighted by Crippen LogP contribution is -2.41. The van der Waals surface area contributed by atoms with Gasteiger partial charge < -0.3 is 15.0 Å². The lowest BCUT2D eigenvalue weighted by Gasteiger charge is -2.38. The van der Waals surface area contributed by atoms with Crippen molar-refractivity contribution in [3.63, 3.8) is 0 Å². The second-order valence-corrected chi connectivity index (χ2v) is 6.63. The van der Waals surface area contributed by atoms with Gasteiger partial charge in [-0.2, -0.15) is 15.0 Å². The normalized spacial score (nSPS) is 17.9. The van der Waals surface area contributed by atoms with Crippen molar-refractivity contribution >= 4 is 11.9 Å². The van der Waals surface area contributed by atoms with Crippen LogP contribution in [0.4, 0.5) is 11.9 Å². The van der Waals surface area contributed by atoms with Crippen LogP contribution >= 0.6 is 0 Å². The third-order valence-corrected chi connectivity index (χ3v) is 3.46. The van der Waals surface area contributed by atoms with Crippen LogP contribution < -0.4 is 15.0 Å². The van der Waals surface area contributed by atoms with E-state index in [1.807, 2.05) is 20.8 Å². The monoisotopic (exact) mass is 293 g/mol. The van der Waals surface area contributed by atoms with Gasteiger partial charge in [0.15, 0.2) is 0 Å². The summed E-state index contributed by atoms with van der Waals surface area (Å²) in [6.07, 6.45) is 2.45. The Morgan fingerprint density at radius 2 is 2.05 bits per heavy atom. The van der Waals surface area contributed by atoms with Crippen LogP contribution in [0.1, 0.15) is 47.5 Å². The van der Waals surface area contributed by atoms with Gasteiger partial charge in [-0.25, -0.2) is 0 Å². The molecule has 2 rings (SSSR count). The molecule has 1 saturated heterocycles. The summed E-state index contributed by atoms with van der Waals surface area (Å²) in [7, 11) is 0. The van der Waals surface area contributed by atoms with Crippen molar-refractivity contribution in [3.05, 3.63) is 0 Å². The first-order valence-corrected chi connectivity index (χ1v) is 7.81. The van der Waals surface area contributed by atoms with Crippen LogP contribution in [-0.2, 0) is 0 Å². The Bertz CT molecular complexity index is 475. The van der Waals surface area contributed by atoms with Crippen molar-refractivity contribution in [3.8, 4) is 6.01 Å². The van der Waals surface area contributed by atoms with Crippen molar-refractivity contribution in [2.24, 2.45) is 5.41 Å². The molecule has 0 amide bonds. The molecule has 1 aliphatic rings. The summed E-state index contributed by atoms with van der Waals surface area (Å²) in [5.74, 6) is 1.30. The smallest absolute Gasteiger partial charge is 0.323 e. The molecule has 0 spiro atoms. The molecule has 0 aliphatic carbocycles. The first kappa shape index (κ1) is 15.8. The molecule has 1 aromatic heterocycles. The van der Waals surface area contributed by atoms with Gasteiger partial charge in [0.1, 0.15) is 0 Å². The van der Waals surface area contributed by atoms with Crippen LogP contribution in [0.3, 0.4) is 0 Å². The molecule has 0 radical (unpaired) electrons. The highest BCUT2D eigenvalue weighted by Crippen LogP contribution is 2.30. The highest BCUT2D eigenvalue weighted by atomic mass is 16.5. The Morgan fingerprint density at radius 1 is 1.29 bits per heavy atom. The van der Waals surface area contributed by atoms with E-state index in [1.54, 1.807) is 0 Å². The van der Waals surface area contributed by atoms with E-state index in [0.717, 1.165) is 26.1 Å². The van der Waals surface area contributed by atoms with E-state index in [9.17, 15) is 0 Å². The molecule has 6 nitrogen and oxygen atoms in total. The summed E-state index contributed by atoms with van der Waals surface area (Å²) >= 11 is 0. The SMILES string of the molecule is CCNc1nc(OC(C)C)nc(N2CCCC(C)(C)C2)n1. The third kappa shape index (κ3) is 4.44. The average molecular weight is 293 g/mol. The van der Waals surface area contributed by atoms with Crippen LogP contribution in [-0.4, -0.2) is 40.7 Å². The maximum absolute atomic E-state index is 5.66. The minimum Gasteiger partial charge on any atom is -0.461 e. The quantitative estimate of drug-likeness (QED) is 0.900. The minimum atomic E-state index is 0.0486. The largest absolute Gasteiger partial charge is 0.461 e. The lowest BCUT2D eigenvalue weighted by molar-refractivity contribution is 0.221. The molecule has 0 bridgehead atoms. The fraction of sp³-hybridized carbons (Fsp3) is 0.800. The van der Waals surface area contributed by atoms with Crippen LogP contribution in [0, 0.1) is 5.41 Å². The van der Waals surface area contributed by atoms with Gasteiger partial charge in [0.05, 0.1) is 6.10 Å². The van der Waals surface area contributed by atoms with Crippen molar-refractivity contribution in [2.75, 3.05) is 29.9 Å². The predicted molar refractivity (Wildman–Crippen MR) is 85.0 cm³/mol. The number of ether oxygens (including phenoxy) is 1. The van der Waals surface area contributed by atoms with Gasteiger partial charge in [-0.1, -0.05) is 13.8 Å². The van der Waals surface area contributed by atoms with Gasteiger partial charge in [-0.3, -0.25) is 0 Å². The Hall–Kier alpha value is -1.59. The predicted octanol–water partition coefficient (Wildman–Crippen LogP) is 2.72. The van der Waals surface area contributed by atoms with Gasteiger partial charge in [0, 0.05) is 19.6 Å². The van der Waals surface area contributed by atoms with E-state index in [4.69, 9.17) is 4.74 Å². The average Bonchev–Trinajstić information content (AvgIpc) is 2.36. The zero-order valence-corrected chi connectivity index (χ0v) is 13.8. The van der Waals surface area contributed by atoms with E-state index >= 15 is 0 Å². The molecule has 2 heterocycles. The van der Waals surface area contributed by atoms with Crippen molar-refractivity contribution in [1.29, 1.82) is 0 Å². The fourth-order valence-electron chi connectivity index (χ4n) is 2.58. The maximum Gasteiger partial charge on any atom is 0.323 e. The van der Waals surface area contributed by atoms with Crippen LogP contribution in [0.2, 0.25) is 0 Å². The van der Waals surface area contributed by atoms with Crippen LogP contribution in [0.25, 0.3) is 0 Å². The van der Waals surface area contributed by atoms with E-state index < -0.39 is 0 Å². The second kappa shape index (κ2) is 6.45. The minimum absolute atomic E-state index is 0.0486. The summed E-state index contributed by atoms with van der Waals surface area (Å²) in [5, 5.41) is 3.15. The molecule has 21 heavy (non-hydrogen) atoms. The maximum atomic E-state index is 5.66. The molecule has 0 saturated carbocycles. The van der Waals surface area contributed by atoms with E-state index in [-0.39, 0.29) is 6.10 Å². The summed E-state index contributed by atoms with van der Waals surface area (Å²) in [5.41, 5.74) is 0.294. The molecule has 0 unspecified atom stereocenters. The van der Waals surface area contributed by atoms with E-state index in [0.29, 0.717) is 23.3 Å². The van der Waals surface area contributed by atoms with Crippen LogP contribution in [0.15, 0.2) is 0 Å². The number of nitrogens with one attached hydrogen (secondary N) is 1. The number of hydrogen-bond donors (Lipinski definition) is 1. The number of aromatic nitrogens is 3. The molecular weight excluding hydrogens is 266 g/mol. The second-order valence-electron chi connectivity index (χ2n) is 6.63. The molecule has 1 fully saturated rings. The number of piperidine rings is 1. The lowest BCUT2D eigenvalue weighted by atomic mass is 9.84. The molecular formula is C15H27N5O. The first-order chi connectivity index (χ1) is 9.89. The summed E-state index contributed by atoms with van der Waals surface area (Å²) in [6, 6.07) is 0.398. The van der Waals surface area contributed by atoms with Crippen molar-refractivity contribution in [1.82, 2.24) is 15.0 Å². The zero-order chi connectivity index (χ0) is 15.5. The topological polar surface area (TPSA) is 63.2 Å². The molecule has 1 aliphatic heterocycles. The van der Waals surface area contributed by atoms with Gasteiger partial charge in [0.2, 0.25) is 11.9 Å². The first-order valence-electron chi connectivity index (χ1n) is 7.81. The molecule has 6 heteroatoms. The summed E-state index contributed by atoms with van der Waals surface area (Å²) in [4.78, 5) is 15.6. The van der Waals surface area contributed by atoms with E-state index in [1.165, 1.54) is 6.42 Å². The summed E-state index contributed by atoms with van der Waals surface area (Å²) in [6.45, 7) is 13.3. The summed E-state index contributed by atoms with van der Waals surface area (Å²) < 4.78 is 5.66. The van der Waals surface area contributed by atoms with E-state index in [2.05, 4.69) is 39.0 Å². The molecule has 0 atom stereocenters. The molecule has 1 aromatic rings. The zero-order valence-electron chi connectivity index (χ0n) is 13.8. The van der Waals surface area contributed by atoms with Gasteiger partial charge >= 0.3 is 6.01 Å². The number of nitrogens with zero attached hydrogens (tertiary/aromatic N) is 4. The Balaban J connectivity index is 2.26. The Kier molecular flexibility index (Phi) is 4.85. The highest BCUT2D eigenvalue weighted by molar-refractivity contribution is 5.39. The number of anilines is 2. The van der Waals surface area contributed by atoms with Crippen molar-refractivity contribution in [2.45, 2.75) is 53.6 Å². The molecule has 118 valence electrons. The Morgan fingerprint density at radius 3 is 2.67 bits per heavy atom. The highest BCUT2D eigenvalue weighted by Gasteiger charge is 2.28. The molecule has 0 aromatic carbocycles. The van der Waals surface area contributed by atoms with Crippen molar-refractivity contribution < 1.29 is 4.74 Å². The Labute approximate surface area is 127 Å². The van der Waals surface area contributed by atoms with Gasteiger partial charge in [0.25, 0.3) is 0 Å².